The molecule has 0 bridgehead atoms. The first-order chi connectivity index (χ1) is 9.25. The van der Waals surface area contributed by atoms with E-state index in [2.05, 4.69) is 10.5 Å². The van der Waals surface area contributed by atoms with Gasteiger partial charge in [0.05, 0.1) is 6.21 Å². The van der Waals surface area contributed by atoms with Crippen molar-refractivity contribution < 1.29 is 9.18 Å². The second kappa shape index (κ2) is 5.11. The van der Waals surface area contributed by atoms with Gasteiger partial charge in [-0.25, -0.2) is 9.82 Å². The molecule has 0 radical (unpaired) electrons. The number of nitrogens with zero attached hydrogens (tertiary/aromatic N) is 1. The molecule has 2 aliphatic rings. The average Bonchev–Trinajstić information content (AvgIpc) is 3.15. The van der Waals surface area contributed by atoms with Crippen molar-refractivity contribution in [1.82, 2.24) is 5.43 Å². The molecule has 2 saturated carbocycles. The van der Waals surface area contributed by atoms with Gasteiger partial charge in [0.1, 0.15) is 5.82 Å². The molecule has 2 fully saturated rings. The van der Waals surface area contributed by atoms with E-state index >= 15 is 0 Å². The molecule has 1 amide bonds. The van der Waals surface area contributed by atoms with Crippen molar-refractivity contribution in [3.05, 3.63) is 35.6 Å². The number of amides is 1. The van der Waals surface area contributed by atoms with Gasteiger partial charge in [0.15, 0.2) is 0 Å². The normalized spacial score (nSPS) is 29.0. The zero-order chi connectivity index (χ0) is 13.2. The summed E-state index contributed by atoms with van der Waals surface area (Å²) in [6.07, 6.45) is 6.42. The molecule has 3 nitrogen and oxygen atoms in total. The average molecular weight is 260 g/mol. The lowest BCUT2D eigenvalue weighted by Gasteiger charge is -2.04. The summed E-state index contributed by atoms with van der Waals surface area (Å²) in [7, 11) is 0. The standard InChI is InChI=1S/C15H17FN2O/c16-11-7-5-10(6-8-11)9-17-18-15(19)14-12-3-1-2-4-13(12)14/h5-9,12-14H,1-4H2,(H,18,19)/b17-9-/t12-,13+,14?. The molecule has 0 saturated heterocycles. The Labute approximate surface area is 111 Å². The van der Waals surface area contributed by atoms with Crippen LogP contribution in [0, 0.1) is 23.6 Å². The molecule has 2 aliphatic carbocycles. The van der Waals surface area contributed by atoms with Crippen LogP contribution in [-0.4, -0.2) is 12.1 Å². The highest BCUT2D eigenvalue weighted by molar-refractivity contribution is 5.85. The molecule has 3 atom stereocenters. The first-order valence-electron chi connectivity index (χ1n) is 6.84. The Morgan fingerprint density at radius 1 is 1.21 bits per heavy atom. The van der Waals surface area contributed by atoms with Gasteiger partial charge in [-0.3, -0.25) is 4.79 Å². The Morgan fingerprint density at radius 2 is 1.84 bits per heavy atom. The van der Waals surface area contributed by atoms with Crippen LogP contribution in [0.25, 0.3) is 0 Å². The molecule has 19 heavy (non-hydrogen) atoms. The predicted octanol–water partition coefficient (Wildman–Crippen LogP) is 2.71. The van der Waals surface area contributed by atoms with E-state index in [1.54, 1.807) is 18.3 Å². The van der Waals surface area contributed by atoms with Crippen molar-refractivity contribution in [2.45, 2.75) is 25.7 Å². The third-order valence-corrected chi connectivity index (χ3v) is 4.22. The number of fused-ring (bicyclic) bond motifs is 1. The van der Waals surface area contributed by atoms with Gasteiger partial charge in [-0.05, 0) is 42.4 Å². The Hall–Kier alpha value is -1.71. The Kier molecular flexibility index (Phi) is 3.32. The zero-order valence-electron chi connectivity index (χ0n) is 10.7. The minimum Gasteiger partial charge on any atom is -0.273 e. The van der Waals surface area contributed by atoms with Crippen LogP contribution < -0.4 is 5.43 Å². The maximum absolute atomic E-state index is 12.7. The Bertz CT molecular complexity index is 485. The molecule has 1 unspecified atom stereocenters. The van der Waals surface area contributed by atoms with Crippen LogP contribution in [-0.2, 0) is 4.79 Å². The molecule has 0 aliphatic heterocycles. The van der Waals surface area contributed by atoms with Crippen molar-refractivity contribution in [2.24, 2.45) is 22.9 Å². The summed E-state index contributed by atoms with van der Waals surface area (Å²) in [4.78, 5) is 11.9. The number of halogens is 1. The summed E-state index contributed by atoms with van der Waals surface area (Å²) in [6.45, 7) is 0. The predicted molar refractivity (Wildman–Crippen MR) is 71.1 cm³/mol. The van der Waals surface area contributed by atoms with E-state index in [1.807, 2.05) is 0 Å². The Morgan fingerprint density at radius 3 is 2.47 bits per heavy atom. The monoisotopic (exact) mass is 260 g/mol. The molecule has 0 heterocycles. The molecule has 1 aromatic rings. The summed E-state index contributed by atoms with van der Waals surface area (Å²) in [5.74, 6) is 1.12. The van der Waals surface area contributed by atoms with Gasteiger partial charge in [-0.1, -0.05) is 25.0 Å². The SMILES string of the molecule is O=C(N/N=C\c1ccc(F)cc1)C1[C@H]2CCCC[C@@H]12. The number of hydrazone groups is 1. The molecule has 1 N–H and O–H groups in total. The minimum atomic E-state index is -0.275. The van der Waals surface area contributed by atoms with Gasteiger partial charge in [-0.15, -0.1) is 0 Å². The molecular formula is C15H17FN2O. The third-order valence-electron chi connectivity index (χ3n) is 4.22. The highest BCUT2D eigenvalue weighted by atomic mass is 19.1. The van der Waals surface area contributed by atoms with Crippen LogP contribution in [0.15, 0.2) is 29.4 Å². The van der Waals surface area contributed by atoms with Crippen LogP contribution in [0.3, 0.4) is 0 Å². The molecule has 0 aromatic heterocycles. The third kappa shape index (κ3) is 2.67. The number of rotatable bonds is 3. The van der Waals surface area contributed by atoms with Gasteiger partial charge in [0.2, 0.25) is 5.91 Å². The lowest BCUT2D eigenvalue weighted by Crippen LogP contribution is -2.20. The number of hydrogen-bond acceptors (Lipinski definition) is 2. The van der Waals surface area contributed by atoms with E-state index in [0.717, 1.165) is 5.56 Å². The molecular weight excluding hydrogens is 243 g/mol. The number of hydrogen-bond donors (Lipinski definition) is 1. The highest BCUT2D eigenvalue weighted by Gasteiger charge is 2.54. The van der Waals surface area contributed by atoms with Crippen LogP contribution in [0.2, 0.25) is 0 Å². The maximum Gasteiger partial charge on any atom is 0.243 e. The molecule has 0 spiro atoms. The van der Waals surface area contributed by atoms with Gasteiger partial charge in [-0.2, -0.15) is 5.10 Å². The largest absolute Gasteiger partial charge is 0.273 e. The van der Waals surface area contributed by atoms with E-state index in [-0.39, 0.29) is 17.6 Å². The second-order valence-electron chi connectivity index (χ2n) is 5.42. The minimum absolute atomic E-state index is 0.0373. The zero-order valence-corrected chi connectivity index (χ0v) is 10.7. The molecule has 100 valence electrons. The van der Waals surface area contributed by atoms with Gasteiger partial charge in [0, 0.05) is 5.92 Å². The fourth-order valence-corrected chi connectivity index (χ4v) is 3.18. The quantitative estimate of drug-likeness (QED) is 0.659. The topological polar surface area (TPSA) is 41.5 Å². The van der Waals surface area contributed by atoms with E-state index < -0.39 is 0 Å². The Balaban J connectivity index is 1.52. The summed E-state index contributed by atoms with van der Waals surface area (Å²) in [6, 6.07) is 6.00. The van der Waals surface area contributed by atoms with Gasteiger partial charge in [0.25, 0.3) is 0 Å². The molecule has 3 rings (SSSR count). The van der Waals surface area contributed by atoms with Crippen LogP contribution in [0.5, 0.6) is 0 Å². The van der Waals surface area contributed by atoms with E-state index in [4.69, 9.17) is 0 Å². The second-order valence-corrected chi connectivity index (χ2v) is 5.42. The van der Waals surface area contributed by atoms with E-state index in [9.17, 15) is 9.18 Å². The van der Waals surface area contributed by atoms with Crippen molar-refractivity contribution in [3.63, 3.8) is 0 Å². The fourth-order valence-electron chi connectivity index (χ4n) is 3.18. The van der Waals surface area contributed by atoms with Crippen molar-refractivity contribution >= 4 is 12.1 Å². The smallest absolute Gasteiger partial charge is 0.243 e. The maximum atomic E-state index is 12.7. The summed E-state index contributed by atoms with van der Waals surface area (Å²) in [5.41, 5.74) is 3.37. The van der Waals surface area contributed by atoms with Crippen LogP contribution in [0.1, 0.15) is 31.2 Å². The fraction of sp³-hybridized carbons (Fsp3) is 0.467. The van der Waals surface area contributed by atoms with E-state index in [1.165, 1.54) is 37.8 Å². The number of benzene rings is 1. The summed E-state index contributed by atoms with van der Waals surface area (Å²) in [5, 5.41) is 3.94. The number of carbonyl (C=O) groups excluding carboxylic acids is 1. The van der Waals surface area contributed by atoms with Gasteiger partial charge >= 0.3 is 0 Å². The number of carbonyl (C=O) groups is 1. The lowest BCUT2D eigenvalue weighted by atomic mass is 10.0. The van der Waals surface area contributed by atoms with Crippen LogP contribution >= 0.6 is 0 Å². The van der Waals surface area contributed by atoms with Crippen molar-refractivity contribution in [1.29, 1.82) is 0 Å². The number of nitrogens with one attached hydrogen (secondary N) is 1. The molecule has 1 aromatic carbocycles. The van der Waals surface area contributed by atoms with Gasteiger partial charge < -0.3 is 0 Å². The summed E-state index contributed by atoms with van der Waals surface area (Å²) < 4.78 is 12.7. The first kappa shape index (κ1) is 12.3. The van der Waals surface area contributed by atoms with Crippen molar-refractivity contribution in [2.75, 3.05) is 0 Å². The lowest BCUT2D eigenvalue weighted by molar-refractivity contribution is -0.122. The van der Waals surface area contributed by atoms with Crippen LogP contribution in [0.4, 0.5) is 4.39 Å². The molecule has 4 heteroatoms. The first-order valence-corrected chi connectivity index (χ1v) is 6.84. The highest BCUT2D eigenvalue weighted by Crippen LogP contribution is 2.55. The van der Waals surface area contributed by atoms with Crippen molar-refractivity contribution in [3.8, 4) is 0 Å². The summed E-state index contributed by atoms with van der Waals surface area (Å²) >= 11 is 0. The van der Waals surface area contributed by atoms with E-state index in [0.29, 0.717) is 11.8 Å².